The van der Waals surface area contributed by atoms with Crippen molar-refractivity contribution >= 4 is 29.3 Å². The predicted molar refractivity (Wildman–Crippen MR) is 79.0 cm³/mol. The van der Waals surface area contributed by atoms with E-state index in [9.17, 15) is 9.59 Å². The molecule has 1 aliphatic heterocycles. The zero-order valence-electron chi connectivity index (χ0n) is 11.6. The molecule has 0 aliphatic carbocycles. The Hall–Kier alpha value is -1.79. The molecule has 2 atom stereocenters. The first-order valence-corrected chi connectivity index (χ1v) is 7.04. The maximum atomic E-state index is 11.8. The summed E-state index contributed by atoms with van der Waals surface area (Å²) in [6.07, 6.45) is 1.07. The quantitative estimate of drug-likeness (QED) is 0.797. The Kier molecular flexibility index (Phi) is 5.03. The van der Waals surface area contributed by atoms with Crippen molar-refractivity contribution in [2.75, 3.05) is 18.5 Å². The summed E-state index contributed by atoms with van der Waals surface area (Å²) in [6.45, 7) is 3.23. The summed E-state index contributed by atoms with van der Waals surface area (Å²) in [4.78, 5) is 22.6. The maximum absolute atomic E-state index is 11.8. The molecule has 2 amide bonds. The molecule has 0 saturated carbocycles. The van der Waals surface area contributed by atoms with E-state index >= 15 is 0 Å². The van der Waals surface area contributed by atoms with Crippen LogP contribution in [0.25, 0.3) is 0 Å². The van der Waals surface area contributed by atoms with Gasteiger partial charge in [0.25, 0.3) is 0 Å². The molecule has 1 saturated heterocycles. The van der Waals surface area contributed by atoms with Gasteiger partial charge in [0, 0.05) is 19.1 Å². The van der Waals surface area contributed by atoms with Crippen LogP contribution in [0, 0.1) is 5.92 Å². The summed E-state index contributed by atoms with van der Waals surface area (Å²) in [6, 6.07) is 3.77. The van der Waals surface area contributed by atoms with Crippen LogP contribution in [-0.4, -0.2) is 36.4 Å². The van der Waals surface area contributed by atoms with Crippen molar-refractivity contribution in [3.8, 4) is 0 Å². The number of hydrogen-bond acceptors (Lipinski definition) is 3. The van der Waals surface area contributed by atoms with Gasteiger partial charge in [-0.3, -0.25) is 0 Å². The first-order valence-electron chi connectivity index (χ1n) is 6.66. The monoisotopic (exact) mass is 312 g/mol. The number of rotatable bonds is 4. The normalized spacial score (nSPS) is 21.0. The lowest BCUT2D eigenvalue weighted by molar-refractivity contribution is 0.0697. The zero-order chi connectivity index (χ0) is 15.4. The van der Waals surface area contributed by atoms with E-state index < -0.39 is 5.97 Å². The number of carboxylic acid groups (broad SMARTS) is 1. The van der Waals surface area contributed by atoms with Crippen molar-refractivity contribution in [1.82, 2.24) is 5.32 Å². The molecule has 2 unspecified atom stereocenters. The molecule has 1 fully saturated rings. The number of halogens is 1. The van der Waals surface area contributed by atoms with Gasteiger partial charge in [0.05, 0.1) is 22.4 Å². The zero-order valence-corrected chi connectivity index (χ0v) is 12.3. The third-order valence-corrected chi connectivity index (χ3v) is 3.83. The number of ether oxygens (including phenoxy) is 1. The molecule has 0 spiro atoms. The van der Waals surface area contributed by atoms with Crippen molar-refractivity contribution in [3.63, 3.8) is 0 Å². The van der Waals surface area contributed by atoms with Crippen molar-refractivity contribution in [1.29, 1.82) is 0 Å². The molecule has 1 aromatic carbocycles. The summed E-state index contributed by atoms with van der Waals surface area (Å²) < 4.78 is 5.42. The number of amides is 2. The van der Waals surface area contributed by atoms with E-state index in [1.807, 2.05) is 6.92 Å². The van der Waals surface area contributed by atoms with E-state index in [1.54, 1.807) is 0 Å². The van der Waals surface area contributed by atoms with Crippen molar-refractivity contribution < 1.29 is 19.4 Å². The topological polar surface area (TPSA) is 87.7 Å². The summed E-state index contributed by atoms with van der Waals surface area (Å²) >= 11 is 5.94. The van der Waals surface area contributed by atoms with E-state index in [-0.39, 0.29) is 22.7 Å². The molecule has 21 heavy (non-hydrogen) atoms. The standard InChI is InChI=1S/C14H17ClN2O4/c1-8-10(4-5-21-8)7-16-14(20)17-12-3-2-9(13(18)19)6-11(12)15/h2-3,6,8,10H,4-5,7H2,1H3,(H,18,19)(H2,16,17,20). The van der Waals surface area contributed by atoms with Crippen LogP contribution in [0.15, 0.2) is 18.2 Å². The van der Waals surface area contributed by atoms with Gasteiger partial charge in [0.15, 0.2) is 0 Å². The summed E-state index contributed by atoms with van der Waals surface area (Å²) in [7, 11) is 0. The van der Waals surface area contributed by atoms with Gasteiger partial charge in [-0.25, -0.2) is 9.59 Å². The molecule has 3 N–H and O–H groups in total. The summed E-state index contributed by atoms with van der Waals surface area (Å²) in [5.74, 6) is -0.760. The lowest BCUT2D eigenvalue weighted by Crippen LogP contribution is -2.35. The number of aromatic carboxylic acids is 1. The van der Waals surface area contributed by atoms with Gasteiger partial charge in [-0.2, -0.15) is 0 Å². The molecule has 114 valence electrons. The van der Waals surface area contributed by atoms with Crippen molar-refractivity contribution in [2.45, 2.75) is 19.4 Å². The lowest BCUT2D eigenvalue weighted by atomic mass is 10.0. The van der Waals surface area contributed by atoms with Crippen LogP contribution < -0.4 is 10.6 Å². The minimum Gasteiger partial charge on any atom is -0.478 e. The Bertz CT molecular complexity index is 550. The van der Waals surface area contributed by atoms with Gasteiger partial charge in [-0.15, -0.1) is 0 Å². The molecule has 1 aliphatic rings. The molecule has 7 heteroatoms. The second-order valence-corrected chi connectivity index (χ2v) is 5.37. The molecule has 1 heterocycles. The number of carbonyl (C=O) groups is 2. The smallest absolute Gasteiger partial charge is 0.335 e. The highest BCUT2D eigenvalue weighted by molar-refractivity contribution is 6.34. The molecule has 0 radical (unpaired) electrons. The van der Waals surface area contributed by atoms with Crippen LogP contribution in [0.4, 0.5) is 10.5 Å². The summed E-state index contributed by atoms with van der Waals surface area (Å²) in [5.41, 5.74) is 0.442. The van der Waals surface area contributed by atoms with Crippen LogP contribution in [-0.2, 0) is 4.74 Å². The number of anilines is 1. The fourth-order valence-electron chi connectivity index (χ4n) is 2.18. The van der Waals surface area contributed by atoms with E-state index in [0.29, 0.717) is 18.2 Å². The number of nitrogens with one attached hydrogen (secondary N) is 2. The van der Waals surface area contributed by atoms with Crippen molar-refractivity contribution in [2.24, 2.45) is 5.92 Å². The average Bonchev–Trinajstić information content (AvgIpc) is 2.84. The number of benzene rings is 1. The predicted octanol–water partition coefficient (Wildman–Crippen LogP) is 2.58. The fraction of sp³-hybridized carbons (Fsp3) is 0.429. The number of urea groups is 1. The molecule has 2 rings (SSSR count). The van der Waals surface area contributed by atoms with Crippen molar-refractivity contribution in [3.05, 3.63) is 28.8 Å². The van der Waals surface area contributed by atoms with E-state index in [2.05, 4.69) is 10.6 Å². The third kappa shape index (κ3) is 4.09. The third-order valence-electron chi connectivity index (χ3n) is 3.52. The number of hydrogen-bond donors (Lipinski definition) is 3. The Labute approximate surface area is 127 Å². The second-order valence-electron chi connectivity index (χ2n) is 4.96. The Morgan fingerprint density at radius 2 is 2.24 bits per heavy atom. The van der Waals surface area contributed by atoms with Crippen LogP contribution in [0.2, 0.25) is 5.02 Å². The molecule has 0 aromatic heterocycles. The average molecular weight is 313 g/mol. The Morgan fingerprint density at radius 3 is 2.81 bits per heavy atom. The molecule has 0 bridgehead atoms. The van der Waals surface area contributed by atoms with E-state index in [1.165, 1.54) is 18.2 Å². The van der Waals surface area contributed by atoms with Gasteiger partial charge in [-0.1, -0.05) is 11.6 Å². The van der Waals surface area contributed by atoms with Gasteiger partial charge in [0.1, 0.15) is 0 Å². The number of carbonyl (C=O) groups excluding carboxylic acids is 1. The summed E-state index contributed by atoms with van der Waals surface area (Å²) in [5, 5.41) is 14.4. The highest BCUT2D eigenvalue weighted by Crippen LogP contribution is 2.23. The maximum Gasteiger partial charge on any atom is 0.335 e. The van der Waals surface area contributed by atoms with Crippen LogP contribution in [0.3, 0.4) is 0 Å². The van der Waals surface area contributed by atoms with Gasteiger partial charge >= 0.3 is 12.0 Å². The van der Waals surface area contributed by atoms with Gasteiger partial charge < -0.3 is 20.5 Å². The first kappa shape index (κ1) is 15.6. The second kappa shape index (κ2) is 6.78. The minimum absolute atomic E-state index is 0.0721. The van der Waals surface area contributed by atoms with E-state index in [0.717, 1.165) is 13.0 Å². The van der Waals surface area contributed by atoms with Gasteiger partial charge in [0.2, 0.25) is 0 Å². The van der Waals surface area contributed by atoms with E-state index in [4.69, 9.17) is 21.4 Å². The van der Waals surface area contributed by atoms with Crippen LogP contribution in [0.5, 0.6) is 0 Å². The fourth-order valence-corrected chi connectivity index (χ4v) is 2.41. The Balaban J connectivity index is 1.89. The highest BCUT2D eigenvalue weighted by Gasteiger charge is 2.24. The first-order chi connectivity index (χ1) is 9.97. The Morgan fingerprint density at radius 1 is 1.48 bits per heavy atom. The molecule has 6 nitrogen and oxygen atoms in total. The molecule has 1 aromatic rings. The number of carboxylic acids is 1. The van der Waals surface area contributed by atoms with Crippen LogP contribution in [0.1, 0.15) is 23.7 Å². The SMILES string of the molecule is CC1OCCC1CNC(=O)Nc1ccc(C(=O)O)cc1Cl. The molecular weight excluding hydrogens is 296 g/mol. The highest BCUT2D eigenvalue weighted by atomic mass is 35.5. The largest absolute Gasteiger partial charge is 0.478 e. The molecular formula is C14H17ClN2O4. The minimum atomic E-state index is -1.07. The van der Waals surface area contributed by atoms with Gasteiger partial charge in [-0.05, 0) is 31.5 Å². The lowest BCUT2D eigenvalue weighted by Gasteiger charge is -2.15. The van der Waals surface area contributed by atoms with Crippen LogP contribution >= 0.6 is 11.6 Å².